The summed E-state index contributed by atoms with van der Waals surface area (Å²) in [6.45, 7) is 11.4. The second-order valence-corrected chi connectivity index (χ2v) is 7.66. The van der Waals surface area contributed by atoms with E-state index >= 15 is 0 Å². The van der Waals surface area contributed by atoms with Gasteiger partial charge in [0.1, 0.15) is 5.75 Å². The Morgan fingerprint density at radius 3 is 2.38 bits per heavy atom. The van der Waals surface area contributed by atoms with E-state index in [1.54, 1.807) is 7.11 Å². The highest BCUT2D eigenvalue weighted by Gasteiger charge is 2.37. The zero-order valence-electron chi connectivity index (χ0n) is 14.3. The first-order chi connectivity index (χ1) is 9.71. The maximum atomic E-state index is 5.32. The van der Waals surface area contributed by atoms with Gasteiger partial charge in [-0.15, -0.1) is 0 Å². The summed E-state index contributed by atoms with van der Waals surface area (Å²) in [7, 11) is 1.72. The van der Waals surface area contributed by atoms with E-state index in [1.807, 2.05) is 6.07 Å². The van der Waals surface area contributed by atoms with Crippen LogP contribution in [0.25, 0.3) is 0 Å². The van der Waals surface area contributed by atoms with Crippen molar-refractivity contribution in [2.45, 2.75) is 70.6 Å². The van der Waals surface area contributed by atoms with Crippen LogP contribution in [0.15, 0.2) is 24.3 Å². The Balaban J connectivity index is 2.06. The molecule has 0 aromatic heterocycles. The number of hydrogen-bond acceptors (Lipinski definition) is 3. The number of piperidine rings is 1. The molecule has 0 spiro atoms. The van der Waals surface area contributed by atoms with Gasteiger partial charge in [-0.25, -0.2) is 0 Å². The van der Waals surface area contributed by atoms with Gasteiger partial charge in [0.25, 0.3) is 0 Å². The lowest BCUT2D eigenvalue weighted by Crippen LogP contribution is -2.61. The van der Waals surface area contributed by atoms with Gasteiger partial charge in [-0.2, -0.15) is 0 Å². The average molecular weight is 290 g/mol. The molecule has 118 valence electrons. The van der Waals surface area contributed by atoms with Crippen LogP contribution in [0.5, 0.6) is 5.75 Å². The molecule has 1 aliphatic heterocycles. The summed E-state index contributed by atoms with van der Waals surface area (Å²) >= 11 is 0. The minimum Gasteiger partial charge on any atom is -0.497 e. The van der Waals surface area contributed by atoms with Gasteiger partial charge >= 0.3 is 0 Å². The Labute approximate surface area is 129 Å². The summed E-state index contributed by atoms with van der Waals surface area (Å²) in [6.07, 6.45) is 2.29. The number of methoxy groups -OCH3 is 1. The minimum absolute atomic E-state index is 0.174. The van der Waals surface area contributed by atoms with Crippen LogP contribution in [0, 0.1) is 0 Å². The highest BCUT2D eigenvalue weighted by molar-refractivity contribution is 5.30. The Kier molecular flexibility index (Phi) is 4.64. The molecule has 0 aliphatic carbocycles. The molecule has 3 heteroatoms. The van der Waals surface area contributed by atoms with Crippen molar-refractivity contribution < 1.29 is 4.74 Å². The maximum absolute atomic E-state index is 5.32. The van der Waals surface area contributed by atoms with Crippen LogP contribution in [0.4, 0.5) is 0 Å². The molecule has 1 aromatic carbocycles. The van der Waals surface area contributed by atoms with Crippen LogP contribution in [0.2, 0.25) is 0 Å². The fraction of sp³-hybridized carbons (Fsp3) is 0.667. The van der Waals surface area contributed by atoms with Crippen molar-refractivity contribution >= 4 is 0 Å². The Morgan fingerprint density at radius 1 is 1.19 bits per heavy atom. The molecule has 2 rings (SSSR count). The van der Waals surface area contributed by atoms with Crippen LogP contribution in [-0.2, 0) is 0 Å². The topological polar surface area (TPSA) is 33.3 Å². The van der Waals surface area contributed by atoms with Crippen molar-refractivity contribution in [2.24, 2.45) is 0 Å². The number of nitrogens with one attached hydrogen (secondary N) is 2. The van der Waals surface area contributed by atoms with Crippen molar-refractivity contribution in [3.63, 3.8) is 0 Å². The van der Waals surface area contributed by atoms with Crippen LogP contribution >= 0.6 is 0 Å². The van der Waals surface area contributed by atoms with Crippen molar-refractivity contribution in [1.82, 2.24) is 10.6 Å². The van der Waals surface area contributed by atoms with Gasteiger partial charge in [-0.05, 0) is 65.2 Å². The molecule has 0 amide bonds. The monoisotopic (exact) mass is 290 g/mol. The summed E-state index contributed by atoms with van der Waals surface area (Å²) in [4.78, 5) is 0. The summed E-state index contributed by atoms with van der Waals surface area (Å²) < 4.78 is 5.32. The first kappa shape index (κ1) is 16.3. The molecule has 0 bridgehead atoms. The van der Waals surface area contributed by atoms with Crippen molar-refractivity contribution in [1.29, 1.82) is 0 Å². The lowest BCUT2D eigenvalue weighted by Gasteiger charge is -2.47. The zero-order valence-corrected chi connectivity index (χ0v) is 14.3. The highest BCUT2D eigenvalue weighted by Crippen LogP contribution is 2.30. The van der Waals surface area contributed by atoms with Gasteiger partial charge < -0.3 is 15.4 Å². The number of benzene rings is 1. The van der Waals surface area contributed by atoms with E-state index in [2.05, 4.69) is 63.5 Å². The Hall–Kier alpha value is -1.06. The van der Waals surface area contributed by atoms with E-state index in [-0.39, 0.29) is 11.1 Å². The standard InChI is InChI=1S/C18H30N2O/c1-13(14-8-7-9-16(10-14)21-6)19-15-11-17(2,3)20-18(4,5)12-15/h7-10,13,15,19-20H,11-12H2,1-6H3. The summed E-state index contributed by atoms with van der Waals surface area (Å²) in [6, 6.07) is 9.19. The molecule has 1 saturated heterocycles. The Morgan fingerprint density at radius 2 is 1.81 bits per heavy atom. The lowest BCUT2D eigenvalue weighted by molar-refractivity contribution is 0.141. The van der Waals surface area contributed by atoms with E-state index in [0.29, 0.717) is 12.1 Å². The summed E-state index contributed by atoms with van der Waals surface area (Å²) in [5.41, 5.74) is 1.63. The third-order valence-electron chi connectivity index (χ3n) is 4.27. The van der Waals surface area contributed by atoms with Crippen LogP contribution in [0.1, 0.15) is 59.1 Å². The molecule has 1 atom stereocenters. The third-order valence-corrected chi connectivity index (χ3v) is 4.27. The van der Waals surface area contributed by atoms with Crippen molar-refractivity contribution in [3.05, 3.63) is 29.8 Å². The molecule has 3 nitrogen and oxygen atoms in total. The van der Waals surface area contributed by atoms with Crippen molar-refractivity contribution in [2.75, 3.05) is 7.11 Å². The Bertz CT molecular complexity index is 466. The molecule has 1 aliphatic rings. The second kappa shape index (κ2) is 5.98. The molecular weight excluding hydrogens is 260 g/mol. The van der Waals surface area contributed by atoms with E-state index in [1.165, 1.54) is 5.56 Å². The van der Waals surface area contributed by atoms with Gasteiger partial charge in [-0.1, -0.05) is 12.1 Å². The quantitative estimate of drug-likeness (QED) is 0.888. The molecule has 1 heterocycles. The zero-order chi connectivity index (χ0) is 15.7. The average Bonchev–Trinajstić information content (AvgIpc) is 2.35. The van der Waals surface area contributed by atoms with Gasteiger partial charge in [-0.3, -0.25) is 0 Å². The van der Waals surface area contributed by atoms with Crippen LogP contribution in [-0.4, -0.2) is 24.2 Å². The molecular formula is C18H30N2O. The van der Waals surface area contributed by atoms with E-state index in [4.69, 9.17) is 4.74 Å². The predicted octanol–water partition coefficient (Wildman–Crippen LogP) is 3.66. The van der Waals surface area contributed by atoms with E-state index in [9.17, 15) is 0 Å². The fourth-order valence-electron chi connectivity index (χ4n) is 3.80. The van der Waals surface area contributed by atoms with E-state index in [0.717, 1.165) is 18.6 Å². The van der Waals surface area contributed by atoms with Gasteiger partial charge in [0.05, 0.1) is 7.11 Å². The number of ether oxygens (including phenoxy) is 1. The fourth-order valence-corrected chi connectivity index (χ4v) is 3.80. The van der Waals surface area contributed by atoms with Gasteiger partial charge in [0.15, 0.2) is 0 Å². The summed E-state index contributed by atoms with van der Waals surface area (Å²) in [5, 5.41) is 7.54. The predicted molar refractivity (Wildman–Crippen MR) is 88.9 cm³/mol. The molecule has 2 N–H and O–H groups in total. The minimum atomic E-state index is 0.174. The molecule has 1 unspecified atom stereocenters. The maximum Gasteiger partial charge on any atom is 0.119 e. The highest BCUT2D eigenvalue weighted by atomic mass is 16.5. The molecule has 1 fully saturated rings. The van der Waals surface area contributed by atoms with Crippen molar-refractivity contribution in [3.8, 4) is 5.75 Å². The van der Waals surface area contributed by atoms with Crippen LogP contribution < -0.4 is 15.4 Å². The van der Waals surface area contributed by atoms with Gasteiger partial charge in [0, 0.05) is 23.2 Å². The SMILES string of the molecule is COc1cccc(C(C)NC2CC(C)(C)NC(C)(C)C2)c1. The largest absolute Gasteiger partial charge is 0.497 e. The second-order valence-electron chi connectivity index (χ2n) is 7.66. The van der Waals surface area contributed by atoms with Gasteiger partial charge in [0.2, 0.25) is 0 Å². The lowest BCUT2D eigenvalue weighted by atomic mass is 9.79. The smallest absolute Gasteiger partial charge is 0.119 e. The number of rotatable bonds is 4. The summed E-state index contributed by atoms with van der Waals surface area (Å²) in [5.74, 6) is 0.923. The van der Waals surface area contributed by atoms with E-state index < -0.39 is 0 Å². The number of hydrogen-bond donors (Lipinski definition) is 2. The normalized spacial score (nSPS) is 22.8. The molecule has 21 heavy (non-hydrogen) atoms. The molecule has 0 saturated carbocycles. The third kappa shape index (κ3) is 4.45. The molecule has 1 aromatic rings. The first-order valence-corrected chi connectivity index (χ1v) is 7.90. The molecule has 0 radical (unpaired) electrons. The first-order valence-electron chi connectivity index (χ1n) is 7.90. The van der Waals surface area contributed by atoms with Crippen LogP contribution in [0.3, 0.4) is 0 Å².